The summed E-state index contributed by atoms with van der Waals surface area (Å²) in [6.07, 6.45) is 5.25. The van der Waals surface area contributed by atoms with Crippen molar-refractivity contribution in [3.05, 3.63) is 75.6 Å². The van der Waals surface area contributed by atoms with Crippen molar-refractivity contribution in [2.45, 2.75) is 57.8 Å². The normalized spacial score (nSPS) is 17.3. The highest BCUT2D eigenvalue weighted by Crippen LogP contribution is 2.40. The number of nitrogens with zero attached hydrogens (tertiary/aromatic N) is 3. The van der Waals surface area contributed by atoms with E-state index in [1.807, 2.05) is 26.0 Å². The molecule has 0 saturated carbocycles. The van der Waals surface area contributed by atoms with Crippen molar-refractivity contribution >= 4 is 34.8 Å². The van der Waals surface area contributed by atoms with E-state index >= 15 is 0 Å². The van der Waals surface area contributed by atoms with E-state index in [9.17, 15) is 9.90 Å². The Morgan fingerprint density at radius 1 is 1.18 bits per heavy atom. The predicted octanol–water partition coefficient (Wildman–Crippen LogP) is 5.37. The molecule has 0 spiro atoms. The SMILES string of the molecule is Cc1cc(C2CCN(CCO)CC2)ccc1Nc1ncc(Cl)c(CCc2cccc3c2C(C)(C)C(=O)N3)n1. The van der Waals surface area contributed by atoms with E-state index in [0.29, 0.717) is 23.3 Å². The maximum Gasteiger partial charge on any atom is 0.234 e. The van der Waals surface area contributed by atoms with Crippen LogP contribution in [0.5, 0.6) is 0 Å². The molecule has 1 fully saturated rings. The lowest BCUT2D eigenvalue weighted by atomic mass is 9.82. The van der Waals surface area contributed by atoms with Gasteiger partial charge in [0.25, 0.3) is 0 Å². The Bertz CT molecular complexity index is 1330. The summed E-state index contributed by atoms with van der Waals surface area (Å²) >= 11 is 6.49. The first kappa shape index (κ1) is 26.6. The number of amides is 1. The molecule has 2 aliphatic heterocycles. The molecule has 2 aliphatic rings. The van der Waals surface area contributed by atoms with Gasteiger partial charge in [0.15, 0.2) is 0 Å². The molecule has 7 nitrogen and oxygen atoms in total. The lowest BCUT2D eigenvalue weighted by Gasteiger charge is -2.32. The van der Waals surface area contributed by atoms with Crippen LogP contribution in [0.25, 0.3) is 0 Å². The Morgan fingerprint density at radius 3 is 2.71 bits per heavy atom. The highest BCUT2D eigenvalue weighted by atomic mass is 35.5. The summed E-state index contributed by atoms with van der Waals surface area (Å²) in [5.74, 6) is 1.10. The molecule has 3 heterocycles. The van der Waals surface area contributed by atoms with Gasteiger partial charge in [-0.1, -0.05) is 35.9 Å². The van der Waals surface area contributed by atoms with Crippen LogP contribution < -0.4 is 10.6 Å². The molecule has 5 rings (SSSR count). The van der Waals surface area contributed by atoms with Gasteiger partial charge in [-0.05, 0) is 99.8 Å². The lowest BCUT2D eigenvalue weighted by Crippen LogP contribution is -2.34. The summed E-state index contributed by atoms with van der Waals surface area (Å²) in [6.45, 7) is 9.08. The number of anilines is 3. The molecule has 3 N–H and O–H groups in total. The first-order valence-electron chi connectivity index (χ1n) is 13.4. The summed E-state index contributed by atoms with van der Waals surface area (Å²) in [6, 6.07) is 12.6. The molecule has 1 amide bonds. The second-order valence-corrected chi connectivity index (χ2v) is 11.4. The van der Waals surface area contributed by atoms with Gasteiger partial charge in [0.05, 0.1) is 28.9 Å². The fourth-order valence-electron chi connectivity index (χ4n) is 5.77. The summed E-state index contributed by atoms with van der Waals surface area (Å²) in [5, 5.41) is 16.1. The number of piperidine rings is 1. The van der Waals surface area contributed by atoms with Crippen molar-refractivity contribution in [1.82, 2.24) is 14.9 Å². The quantitative estimate of drug-likeness (QED) is 0.361. The molecule has 3 aromatic rings. The van der Waals surface area contributed by atoms with Gasteiger partial charge in [0, 0.05) is 17.9 Å². The topological polar surface area (TPSA) is 90.4 Å². The minimum absolute atomic E-state index is 0.0278. The Labute approximate surface area is 229 Å². The van der Waals surface area contributed by atoms with Crippen LogP contribution in [0.15, 0.2) is 42.6 Å². The Balaban J connectivity index is 1.27. The van der Waals surface area contributed by atoms with Gasteiger partial charge in [-0.3, -0.25) is 4.79 Å². The molecule has 0 bridgehead atoms. The molecule has 1 aromatic heterocycles. The zero-order valence-corrected chi connectivity index (χ0v) is 23.1. The van der Waals surface area contributed by atoms with Crippen LogP contribution in [0.4, 0.5) is 17.3 Å². The standard InChI is InChI=1S/C30H36ClN5O2/c1-19-17-22(20-11-13-36(14-12-20)15-16-37)8-9-24(19)34-29-32-18-23(31)25(35-29)10-7-21-5-4-6-26-27(21)30(2,3)28(38)33-26/h4-6,8-9,17-18,20,37H,7,10-16H2,1-3H3,(H,33,38)(H,32,34,35). The fourth-order valence-corrected chi connectivity index (χ4v) is 5.95. The number of carbonyl (C=O) groups is 1. The van der Waals surface area contributed by atoms with Gasteiger partial charge in [0.2, 0.25) is 11.9 Å². The highest BCUT2D eigenvalue weighted by molar-refractivity contribution is 6.31. The first-order chi connectivity index (χ1) is 18.3. The van der Waals surface area contributed by atoms with Crippen molar-refractivity contribution in [2.24, 2.45) is 0 Å². The van der Waals surface area contributed by atoms with E-state index in [1.54, 1.807) is 6.20 Å². The second kappa shape index (κ2) is 11.0. The van der Waals surface area contributed by atoms with E-state index in [4.69, 9.17) is 16.6 Å². The number of aromatic nitrogens is 2. The number of aliphatic hydroxyl groups is 1. The van der Waals surface area contributed by atoms with Gasteiger partial charge in [-0.2, -0.15) is 0 Å². The third kappa shape index (κ3) is 5.41. The van der Waals surface area contributed by atoms with Crippen LogP contribution in [0, 0.1) is 6.92 Å². The Morgan fingerprint density at radius 2 is 1.97 bits per heavy atom. The second-order valence-electron chi connectivity index (χ2n) is 10.9. The van der Waals surface area contributed by atoms with Gasteiger partial charge >= 0.3 is 0 Å². The molecule has 200 valence electrons. The van der Waals surface area contributed by atoms with Crippen molar-refractivity contribution in [1.29, 1.82) is 0 Å². The van der Waals surface area contributed by atoms with Crippen LogP contribution in [0.2, 0.25) is 5.02 Å². The predicted molar refractivity (Wildman–Crippen MR) is 153 cm³/mol. The number of aryl methyl sites for hydroxylation is 3. The largest absolute Gasteiger partial charge is 0.395 e. The number of nitrogens with one attached hydrogen (secondary N) is 2. The number of fused-ring (bicyclic) bond motifs is 1. The van der Waals surface area contributed by atoms with E-state index in [1.165, 1.54) is 5.56 Å². The number of hydrogen-bond donors (Lipinski definition) is 3. The molecule has 38 heavy (non-hydrogen) atoms. The molecule has 8 heteroatoms. The maximum atomic E-state index is 12.5. The minimum Gasteiger partial charge on any atom is -0.395 e. The monoisotopic (exact) mass is 533 g/mol. The van der Waals surface area contributed by atoms with Crippen molar-refractivity contribution in [3.63, 3.8) is 0 Å². The van der Waals surface area contributed by atoms with Gasteiger partial charge in [-0.25, -0.2) is 9.97 Å². The van der Waals surface area contributed by atoms with E-state index < -0.39 is 5.41 Å². The number of halogens is 1. The molecule has 0 radical (unpaired) electrons. The van der Waals surface area contributed by atoms with Crippen molar-refractivity contribution in [2.75, 3.05) is 36.9 Å². The zero-order chi connectivity index (χ0) is 26.9. The summed E-state index contributed by atoms with van der Waals surface area (Å²) < 4.78 is 0. The molecule has 0 aliphatic carbocycles. The summed E-state index contributed by atoms with van der Waals surface area (Å²) in [7, 11) is 0. The minimum atomic E-state index is -0.561. The number of aliphatic hydroxyl groups excluding tert-OH is 1. The van der Waals surface area contributed by atoms with E-state index in [2.05, 4.69) is 51.7 Å². The molecule has 2 aromatic carbocycles. The Kier molecular flexibility index (Phi) is 7.70. The van der Waals surface area contributed by atoms with Crippen LogP contribution in [-0.2, 0) is 23.1 Å². The average molecular weight is 534 g/mol. The van der Waals surface area contributed by atoms with Crippen molar-refractivity contribution < 1.29 is 9.90 Å². The number of β-amino-alcohol motifs (C(OH)–C–C–N with tert-alkyl or cyclic N) is 1. The van der Waals surface area contributed by atoms with Crippen LogP contribution in [0.1, 0.15) is 60.6 Å². The van der Waals surface area contributed by atoms with Crippen LogP contribution in [-0.4, -0.2) is 52.1 Å². The fraction of sp³-hybridized carbons (Fsp3) is 0.433. The van der Waals surface area contributed by atoms with Gasteiger partial charge < -0.3 is 20.6 Å². The molecular weight excluding hydrogens is 498 g/mol. The number of likely N-dealkylation sites (tertiary alicyclic amines) is 1. The molecule has 1 saturated heterocycles. The van der Waals surface area contributed by atoms with E-state index in [0.717, 1.165) is 72.7 Å². The lowest BCUT2D eigenvalue weighted by molar-refractivity contribution is -0.119. The van der Waals surface area contributed by atoms with E-state index in [-0.39, 0.29) is 12.5 Å². The smallest absolute Gasteiger partial charge is 0.234 e. The van der Waals surface area contributed by atoms with Gasteiger partial charge in [0.1, 0.15) is 0 Å². The molecule has 0 atom stereocenters. The first-order valence-corrected chi connectivity index (χ1v) is 13.8. The molecule has 0 unspecified atom stereocenters. The van der Waals surface area contributed by atoms with Crippen LogP contribution in [0.3, 0.4) is 0 Å². The third-order valence-electron chi connectivity index (χ3n) is 8.01. The Hall–Kier alpha value is -3.00. The summed E-state index contributed by atoms with van der Waals surface area (Å²) in [4.78, 5) is 24.0. The van der Waals surface area contributed by atoms with Gasteiger partial charge in [-0.15, -0.1) is 0 Å². The van der Waals surface area contributed by atoms with Crippen LogP contribution >= 0.6 is 11.6 Å². The molecular formula is C30H36ClN5O2. The average Bonchev–Trinajstić information content (AvgIpc) is 3.14. The third-order valence-corrected chi connectivity index (χ3v) is 8.33. The number of hydrogen-bond acceptors (Lipinski definition) is 6. The number of rotatable bonds is 8. The van der Waals surface area contributed by atoms with Crippen molar-refractivity contribution in [3.8, 4) is 0 Å². The zero-order valence-electron chi connectivity index (χ0n) is 22.4. The highest BCUT2D eigenvalue weighted by Gasteiger charge is 2.39. The number of benzene rings is 2. The summed E-state index contributed by atoms with van der Waals surface area (Å²) in [5.41, 5.74) is 6.79. The maximum absolute atomic E-state index is 12.5. The number of carbonyl (C=O) groups excluding carboxylic acids is 1.